The molecule has 0 radical (unpaired) electrons. The summed E-state index contributed by atoms with van der Waals surface area (Å²) < 4.78 is 9.56. The van der Waals surface area contributed by atoms with E-state index < -0.39 is 30.0 Å². The zero-order valence-electron chi connectivity index (χ0n) is 50.2. The Bertz CT molecular complexity index is 4620. The SMILES string of the molecule is CN(O)C(=O)NCCCCNC(=O)Nc1cccc(-n2[nH]nnc2=S)c1.CN(O)C(=O)Nc1cccc(-n2[nH]nnc2=S)c1.CN(O)C(=O)c1ccc(-n2[nH]nnc2=S)cc1.O=C(NO)NNc1cccc(-n2[nH]nnc2=S)c1.O=C(NO)Nc1cccc(-n2c(=S)[nH][nH]c2=S)c1. The van der Waals surface area contributed by atoms with Crippen LogP contribution in [-0.4, -0.2) is 207 Å². The van der Waals surface area contributed by atoms with Gasteiger partial charge in [0.05, 0.1) is 34.1 Å². The molecular weight excluding hydrogens is 1390 g/mol. The number of anilines is 4. The molecule has 97 heavy (non-hydrogen) atoms. The lowest BCUT2D eigenvalue weighted by Gasteiger charge is -2.11. The maximum atomic E-state index is 11.9. The van der Waals surface area contributed by atoms with Crippen molar-refractivity contribution in [2.75, 3.05) is 55.6 Å². The van der Waals surface area contributed by atoms with Crippen LogP contribution in [0.25, 0.3) is 28.4 Å². The number of benzene rings is 5. The molecular formula is C49H57N31O11S6. The molecule has 0 aliphatic heterocycles. The van der Waals surface area contributed by atoms with E-state index in [0.717, 1.165) is 0 Å². The monoisotopic (exact) mass is 1450 g/mol. The number of carbonyl (C=O) groups is 6. The number of H-pyrrole nitrogens is 6. The number of hydrogen-bond acceptors (Lipinski definition) is 26. The molecule has 20 N–H and O–H groups in total. The molecule has 5 heterocycles. The van der Waals surface area contributed by atoms with Crippen molar-refractivity contribution in [3.05, 3.63) is 156 Å². The fraction of sp³-hybridized carbons (Fsp3) is 0.143. The van der Waals surface area contributed by atoms with Crippen LogP contribution in [0.4, 0.5) is 46.7 Å². The summed E-state index contributed by atoms with van der Waals surface area (Å²) in [5.74, 6) is -0.483. The number of carbonyl (C=O) groups excluding carboxylic acids is 6. The number of unbranched alkanes of at least 4 members (excludes halogenated alkanes) is 1. The third-order valence-electron chi connectivity index (χ3n) is 11.7. The van der Waals surface area contributed by atoms with Gasteiger partial charge >= 0.3 is 30.2 Å². The zero-order chi connectivity index (χ0) is 70.6. The van der Waals surface area contributed by atoms with Gasteiger partial charge in [0.25, 0.3) is 5.91 Å². The van der Waals surface area contributed by atoms with Gasteiger partial charge in [0.2, 0.25) is 19.1 Å². The van der Waals surface area contributed by atoms with Gasteiger partial charge in [-0.2, -0.15) is 20.9 Å². The molecule has 0 spiro atoms. The Labute approximate surface area is 574 Å². The van der Waals surface area contributed by atoms with Crippen molar-refractivity contribution in [2.24, 2.45) is 0 Å². The maximum absolute atomic E-state index is 11.9. The summed E-state index contributed by atoms with van der Waals surface area (Å²) in [6, 6.07) is 31.1. The van der Waals surface area contributed by atoms with Crippen LogP contribution in [0, 0.1) is 28.6 Å². The van der Waals surface area contributed by atoms with Gasteiger partial charge in [0, 0.05) is 56.9 Å². The van der Waals surface area contributed by atoms with Crippen molar-refractivity contribution in [1.82, 2.24) is 138 Å². The van der Waals surface area contributed by atoms with Gasteiger partial charge in [-0.25, -0.2) is 74.3 Å². The number of rotatable bonds is 16. The first kappa shape index (κ1) is 74.3. The number of hydrazine groups is 1. The largest absolute Gasteiger partial charge is 0.357 e. The van der Waals surface area contributed by atoms with Crippen LogP contribution in [-0.2, 0) is 0 Å². The molecule has 0 saturated carbocycles. The summed E-state index contributed by atoms with van der Waals surface area (Å²) in [6.07, 6.45) is 1.35. The summed E-state index contributed by atoms with van der Waals surface area (Å²) in [5, 5.41) is 103. The molecule has 0 aliphatic carbocycles. The number of amides is 11. The van der Waals surface area contributed by atoms with Gasteiger partial charge < -0.3 is 26.6 Å². The lowest BCUT2D eigenvalue weighted by Crippen LogP contribution is -2.37. The second-order valence-electron chi connectivity index (χ2n) is 18.5. The molecule has 0 unspecified atom stereocenters. The first-order chi connectivity index (χ1) is 46.5. The van der Waals surface area contributed by atoms with Gasteiger partial charge in [-0.05, 0) is 183 Å². The molecule has 0 fully saturated rings. The predicted molar refractivity (Wildman–Crippen MR) is 355 cm³/mol. The normalized spacial score (nSPS) is 10.1. The van der Waals surface area contributed by atoms with E-state index in [4.69, 9.17) is 99.3 Å². The second-order valence-corrected chi connectivity index (χ2v) is 20.7. The molecule has 10 aromatic rings. The lowest BCUT2D eigenvalue weighted by atomic mass is 10.2. The first-order valence-corrected chi connectivity index (χ1v) is 29.5. The Morgan fingerprint density at radius 2 is 0.825 bits per heavy atom. The lowest BCUT2D eigenvalue weighted by molar-refractivity contribution is -0.0374. The highest BCUT2D eigenvalue weighted by molar-refractivity contribution is 7.72. The van der Waals surface area contributed by atoms with Crippen LogP contribution in [0.3, 0.4) is 0 Å². The van der Waals surface area contributed by atoms with E-state index in [2.05, 4.69) is 110 Å². The summed E-state index contributed by atoms with van der Waals surface area (Å²) in [5.41, 5.74) is 13.7. The zero-order valence-corrected chi connectivity index (χ0v) is 55.1. The van der Waals surface area contributed by atoms with Crippen LogP contribution in [0.5, 0.6) is 0 Å². The quantitative estimate of drug-likeness (QED) is 0.0240. The van der Waals surface area contributed by atoms with E-state index >= 15 is 0 Å². The Morgan fingerprint density at radius 1 is 0.443 bits per heavy atom. The highest BCUT2D eigenvalue weighted by Gasteiger charge is 2.12. The van der Waals surface area contributed by atoms with Crippen LogP contribution in [0.1, 0.15) is 23.2 Å². The van der Waals surface area contributed by atoms with Gasteiger partial charge in [-0.15, -0.1) is 0 Å². The minimum Gasteiger partial charge on any atom is -0.338 e. The molecule has 5 aromatic heterocycles. The molecule has 11 amide bonds. The number of nitrogens with zero attached hydrogens (tertiary/aromatic N) is 16. The highest BCUT2D eigenvalue weighted by atomic mass is 32.1. The van der Waals surface area contributed by atoms with Crippen LogP contribution < -0.4 is 48.4 Å². The average molecular weight is 1450 g/mol. The second kappa shape index (κ2) is 37.2. The van der Waals surface area contributed by atoms with Gasteiger partial charge in [0.15, 0.2) is 9.54 Å². The van der Waals surface area contributed by atoms with Crippen LogP contribution in [0.2, 0.25) is 0 Å². The Balaban J connectivity index is 0.000000193. The van der Waals surface area contributed by atoms with E-state index in [1.807, 2.05) is 0 Å². The Morgan fingerprint density at radius 3 is 1.24 bits per heavy atom. The summed E-state index contributed by atoms with van der Waals surface area (Å²) >= 11 is 30.1. The van der Waals surface area contributed by atoms with Crippen molar-refractivity contribution in [2.45, 2.75) is 12.8 Å². The van der Waals surface area contributed by atoms with E-state index in [1.165, 1.54) is 50.8 Å². The Kier molecular flexibility index (Phi) is 28.5. The van der Waals surface area contributed by atoms with Crippen molar-refractivity contribution >= 4 is 132 Å². The number of aromatic amines is 6. The fourth-order valence-electron chi connectivity index (χ4n) is 7.30. The van der Waals surface area contributed by atoms with E-state index in [0.29, 0.717) is 112 Å². The number of aromatic nitrogens is 19. The van der Waals surface area contributed by atoms with E-state index in [1.54, 1.807) is 126 Å². The van der Waals surface area contributed by atoms with Gasteiger partial charge in [-0.3, -0.25) is 51.0 Å². The number of tetrazole rings is 4. The van der Waals surface area contributed by atoms with Crippen LogP contribution >= 0.6 is 73.3 Å². The molecule has 10 rings (SSSR count). The standard InChI is InChI=1S/C14H20N8O3S.C9H10N6O2S.C9H9N5O2S2.C9H9N5O2S.C8H9N7O2S/c1-21(25)13(24)16-8-3-2-7-15-12(23)17-10-5-4-6-11(9-10)22-14(26)18-19-20-22;1-14(17)8(16)10-6-3-2-4-7(5-6)15-9(18)11-12-13-15;15-7(13-16)10-5-2-1-3-6(4-5)14-8(17)11-12-9(14)18;1-13(16)8(15)6-2-4-7(5-3-6)14-9(17)10-11-12-14;16-7(12-17)10-9-5-2-1-3-6(4-5)15-8(18)11-13-14-15/h4-6,9,25H,2-3,7-8H2,1H3,(H,16,24)(H2,15,17,23)(H,18,20,26);2-5,17H,1H3,(H,10,16)(H,11,13,18);1-4,16H,(H,11,17)(H,12,18)(H2,10,13,15);2-5,16H,1H3,(H,10,12,17);1-4,9,17H,(H2,10,12,16)(H,11,14,18). The summed E-state index contributed by atoms with van der Waals surface area (Å²) in [4.78, 5) is 67.5. The Hall–Kier alpha value is -11.7. The molecule has 5 aromatic carbocycles. The molecule has 48 heteroatoms. The number of hydrogen-bond donors (Lipinski definition) is 20. The maximum Gasteiger partial charge on any atom is 0.357 e. The molecule has 42 nitrogen and oxygen atoms in total. The molecule has 0 atom stereocenters. The van der Waals surface area contributed by atoms with Crippen molar-refractivity contribution in [3.8, 4) is 28.4 Å². The molecule has 0 aliphatic rings. The molecule has 0 bridgehead atoms. The fourth-order valence-corrected chi connectivity index (χ4v) is 8.60. The summed E-state index contributed by atoms with van der Waals surface area (Å²) in [6.45, 7) is 0.861. The van der Waals surface area contributed by atoms with E-state index in [-0.39, 0.29) is 20.3 Å². The summed E-state index contributed by atoms with van der Waals surface area (Å²) in [7, 11) is 3.74. The minimum absolute atomic E-state index is 0.276. The smallest absolute Gasteiger partial charge is 0.338 e. The highest BCUT2D eigenvalue weighted by Crippen LogP contribution is 2.18. The average Bonchev–Trinajstić information content (AvgIpc) is 1.84. The van der Waals surface area contributed by atoms with Crippen molar-refractivity contribution in [1.29, 1.82) is 0 Å². The first-order valence-electron chi connectivity index (χ1n) is 27.0. The van der Waals surface area contributed by atoms with Crippen molar-refractivity contribution in [3.63, 3.8) is 0 Å². The predicted octanol–water partition coefficient (Wildman–Crippen LogP) is 5.66. The molecule has 0 saturated heterocycles. The number of hydroxylamine groups is 8. The van der Waals surface area contributed by atoms with Crippen molar-refractivity contribution < 1.29 is 54.8 Å². The molecule has 510 valence electrons. The third kappa shape index (κ3) is 23.1. The van der Waals surface area contributed by atoms with Gasteiger partial charge in [0.1, 0.15) is 0 Å². The third-order valence-corrected chi connectivity index (χ3v) is 13.3. The van der Waals surface area contributed by atoms with E-state index in [9.17, 15) is 28.8 Å². The van der Waals surface area contributed by atoms with Gasteiger partial charge in [-0.1, -0.05) is 65.5 Å². The number of urea groups is 5. The topological polar surface area (TPSA) is 544 Å². The number of nitrogens with one attached hydrogen (secondary N) is 15. The minimum atomic E-state index is -0.778. The van der Waals surface area contributed by atoms with Crippen LogP contribution in [0.15, 0.2) is 121 Å².